The van der Waals surface area contributed by atoms with Crippen molar-refractivity contribution >= 4 is 0 Å². The van der Waals surface area contributed by atoms with Crippen molar-refractivity contribution in [1.82, 2.24) is 5.32 Å². The molecule has 1 aliphatic carbocycles. The van der Waals surface area contributed by atoms with Gasteiger partial charge in [-0.3, -0.25) is 0 Å². The summed E-state index contributed by atoms with van der Waals surface area (Å²) in [7, 11) is 0. The van der Waals surface area contributed by atoms with Crippen LogP contribution in [0.3, 0.4) is 0 Å². The number of aliphatic hydroxyl groups is 1. The van der Waals surface area contributed by atoms with E-state index in [9.17, 15) is 5.11 Å². The topological polar surface area (TPSA) is 45.4 Å². The molecular formula is C14H23NO2. The third kappa shape index (κ3) is 3.86. The minimum absolute atomic E-state index is 0.158. The van der Waals surface area contributed by atoms with Crippen LogP contribution in [0, 0.1) is 0 Å². The lowest BCUT2D eigenvalue weighted by molar-refractivity contribution is 0.0853. The maximum atomic E-state index is 9.89. The maximum absolute atomic E-state index is 9.89. The van der Waals surface area contributed by atoms with Crippen molar-refractivity contribution in [2.24, 2.45) is 0 Å². The van der Waals surface area contributed by atoms with Gasteiger partial charge in [-0.1, -0.05) is 12.8 Å². The number of rotatable bonds is 5. The molecule has 0 bridgehead atoms. The molecule has 1 aliphatic rings. The standard InChI is InChI=1S/C14H23NO2/c1-11(8-9-12-5-4-10-17-12)15-13-6-2-3-7-14(13)16/h4-5,10-11,13-16H,2-3,6-9H2,1H3. The normalized spacial score (nSPS) is 26.9. The zero-order chi connectivity index (χ0) is 12.1. The van der Waals surface area contributed by atoms with Gasteiger partial charge in [0.15, 0.2) is 0 Å². The van der Waals surface area contributed by atoms with Gasteiger partial charge in [0.2, 0.25) is 0 Å². The van der Waals surface area contributed by atoms with E-state index in [1.807, 2.05) is 12.1 Å². The van der Waals surface area contributed by atoms with Gasteiger partial charge in [0.25, 0.3) is 0 Å². The lowest BCUT2D eigenvalue weighted by Gasteiger charge is -2.31. The third-order valence-electron chi connectivity index (χ3n) is 3.63. The average Bonchev–Trinajstić information content (AvgIpc) is 2.82. The Balaban J connectivity index is 1.71. The molecule has 3 unspecified atom stereocenters. The van der Waals surface area contributed by atoms with E-state index in [2.05, 4.69) is 12.2 Å². The molecule has 1 saturated carbocycles. The summed E-state index contributed by atoms with van der Waals surface area (Å²) < 4.78 is 5.32. The van der Waals surface area contributed by atoms with Crippen molar-refractivity contribution in [3.8, 4) is 0 Å². The Labute approximate surface area is 103 Å². The van der Waals surface area contributed by atoms with E-state index >= 15 is 0 Å². The molecule has 0 aliphatic heterocycles. The van der Waals surface area contributed by atoms with E-state index in [0.29, 0.717) is 6.04 Å². The molecule has 3 nitrogen and oxygen atoms in total. The van der Waals surface area contributed by atoms with Crippen LogP contribution in [0.4, 0.5) is 0 Å². The highest BCUT2D eigenvalue weighted by atomic mass is 16.3. The van der Waals surface area contributed by atoms with Gasteiger partial charge in [-0.25, -0.2) is 0 Å². The molecule has 1 aromatic heterocycles. The fourth-order valence-corrected chi connectivity index (χ4v) is 2.57. The minimum Gasteiger partial charge on any atom is -0.469 e. The molecule has 0 radical (unpaired) electrons. The molecule has 96 valence electrons. The molecule has 3 atom stereocenters. The molecule has 3 heteroatoms. The molecule has 0 saturated heterocycles. The third-order valence-corrected chi connectivity index (χ3v) is 3.63. The second kappa shape index (κ2) is 6.22. The van der Waals surface area contributed by atoms with Gasteiger partial charge >= 0.3 is 0 Å². The maximum Gasteiger partial charge on any atom is 0.103 e. The molecule has 17 heavy (non-hydrogen) atoms. The number of hydrogen-bond donors (Lipinski definition) is 2. The fourth-order valence-electron chi connectivity index (χ4n) is 2.57. The van der Waals surface area contributed by atoms with Crippen LogP contribution >= 0.6 is 0 Å². The van der Waals surface area contributed by atoms with Crippen LogP contribution in [0.2, 0.25) is 0 Å². The zero-order valence-corrected chi connectivity index (χ0v) is 10.6. The number of hydrogen-bond acceptors (Lipinski definition) is 3. The average molecular weight is 237 g/mol. The van der Waals surface area contributed by atoms with Crippen molar-refractivity contribution in [3.63, 3.8) is 0 Å². The SMILES string of the molecule is CC(CCc1ccco1)NC1CCCCC1O. The quantitative estimate of drug-likeness (QED) is 0.827. The Morgan fingerprint density at radius 3 is 3.00 bits per heavy atom. The van der Waals surface area contributed by atoms with E-state index in [-0.39, 0.29) is 12.1 Å². The van der Waals surface area contributed by atoms with Crippen LogP contribution in [0.25, 0.3) is 0 Å². The van der Waals surface area contributed by atoms with E-state index in [4.69, 9.17) is 4.42 Å². The molecular weight excluding hydrogens is 214 g/mol. The Kier molecular flexibility index (Phi) is 4.63. The Morgan fingerprint density at radius 2 is 2.29 bits per heavy atom. The predicted octanol–water partition coefficient (Wildman–Crippen LogP) is 2.49. The van der Waals surface area contributed by atoms with Crippen molar-refractivity contribution in [3.05, 3.63) is 24.2 Å². The molecule has 0 spiro atoms. The number of aliphatic hydroxyl groups excluding tert-OH is 1. The summed E-state index contributed by atoms with van der Waals surface area (Å²) in [5.74, 6) is 1.04. The lowest BCUT2D eigenvalue weighted by Crippen LogP contribution is -2.46. The van der Waals surface area contributed by atoms with Gasteiger partial charge in [-0.05, 0) is 38.3 Å². The monoisotopic (exact) mass is 237 g/mol. The molecule has 1 fully saturated rings. The molecule has 2 N–H and O–H groups in total. The van der Waals surface area contributed by atoms with Crippen molar-refractivity contribution in [1.29, 1.82) is 0 Å². The van der Waals surface area contributed by atoms with E-state index in [0.717, 1.165) is 31.4 Å². The first kappa shape index (κ1) is 12.7. The van der Waals surface area contributed by atoms with Gasteiger partial charge in [-0.15, -0.1) is 0 Å². The van der Waals surface area contributed by atoms with Crippen molar-refractivity contribution in [2.45, 2.75) is 63.6 Å². The van der Waals surface area contributed by atoms with Gasteiger partial charge in [0.1, 0.15) is 5.76 Å². The van der Waals surface area contributed by atoms with Gasteiger partial charge in [0, 0.05) is 18.5 Å². The molecule has 0 amide bonds. The first-order valence-corrected chi connectivity index (χ1v) is 6.72. The van der Waals surface area contributed by atoms with E-state index in [1.54, 1.807) is 6.26 Å². The largest absolute Gasteiger partial charge is 0.469 e. The second-order valence-electron chi connectivity index (χ2n) is 5.14. The van der Waals surface area contributed by atoms with Crippen molar-refractivity contribution < 1.29 is 9.52 Å². The summed E-state index contributed by atoms with van der Waals surface area (Å²) >= 11 is 0. The molecule has 1 heterocycles. The van der Waals surface area contributed by atoms with E-state index in [1.165, 1.54) is 12.8 Å². The Morgan fingerprint density at radius 1 is 1.47 bits per heavy atom. The molecule has 2 rings (SSSR count). The smallest absolute Gasteiger partial charge is 0.103 e. The minimum atomic E-state index is -0.158. The highest BCUT2D eigenvalue weighted by molar-refractivity contribution is 4.98. The summed E-state index contributed by atoms with van der Waals surface area (Å²) in [5, 5.41) is 13.4. The first-order valence-electron chi connectivity index (χ1n) is 6.72. The first-order chi connectivity index (χ1) is 8.25. The lowest BCUT2D eigenvalue weighted by atomic mass is 9.92. The summed E-state index contributed by atoms with van der Waals surface area (Å²) in [6.07, 6.45) is 8.03. The highest BCUT2D eigenvalue weighted by Crippen LogP contribution is 2.19. The predicted molar refractivity (Wildman–Crippen MR) is 67.9 cm³/mol. The Hall–Kier alpha value is -0.800. The van der Waals surface area contributed by atoms with Gasteiger partial charge < -0.3 is 14.8 Å². The highest BCUT2D eigenvalue weighted by Gasteiger charge is 2.23. The summed E-state index contributed by atoms with van der Waals surface area (Å²) in [6.45, 7) is 2.18. The van der Waals surface area contributed by atoms with Crippen LogP contribution in [0.15, 0.2) is 22.8 Å². The van der Waals surface area contributed by atoms with Crippen LogP contribution in [0.1, 0.15) is 44.8 Å². The summed E-state index contributed by atoms with van der Waals surface area (Å²) in [5.41, 5.74) is 0. The van der Waals surface area contributed by atoms with Gasteiger partial charge in [0.05, 0.1) is 12.4 Å². The number of nitrogens with one attached hydrogen (secondary N) is 1. The number of aryl methyl sites for hydroxylation is 1. The van der Waals surface area contributed by atoms with Crippen molar-refractivity contribution in [2.75, 3.05) is 0 Å². The summed E-state index contributed by atoms with van der Waals surface area (Å²) in [6, 6.07) is 4.66. The Bertz CT molecular complexity index is 310. The van der Waals surface area contributed by atoms with Crippen LogP contribution in [-0.2, 0) is 6.42 Å². The second-order valence-corrected chi connectivity index (χ2v) is 5.14. The van der Waals surface area contributed by atoms with Crippen LogP contribution < -0.4 is 5.32 Å². The zero-order valence-electron chi connectivity index (χ0n) is 10.6. The van der Waals surface area contributed by atoms with Gasteiger partial charge in [-0.2, -0.15) is 0 Å². The molecule has 0 aromatic carbocycles. The molecule has 1 aromatic rings. The van der Waals surface area contributed by atoms with E-state index < -0.39 is 0 Å². The summed E-state index contributed by atoms with van der Waals surface area (Å²) in [4.78, 5) is 0. The fraction of sp³-hybridized carbons (Fsp3) is 0.714. The van der Waals surface area contributed by atoms with Crippen LogP contribution in [-0.4, -0.2) is 23.3 Å². The van der Waals surface area contributed by atoms with Crippen LogP contribution in [0.5, 0.6) is 0 Å². The number of furan rings is 1.